The lowest BCUT2D eigenvalue weighted by atomic mass is 9.84. The van der Waals surface area contributed by atoms with E-state index >= 15 is 0 Å². The largest absolute Gasteiger partial charge is 0.350 e. The van der Waals surface area contributed by atoms with E-state index in [1.54, 1.807) is 6.92 Å². The van der Waals surface area contributed by atoms with Crippen molar-refractivity contribution in [1.82, 2.24) is 15.5 Å². The molecule has 1 aliphatic heterocycles. The van der Waals surface area contributed by atoms with Gasteiger partial charge in [-0.1, -0.05) is 37.6 Å². The summed E-state index contributed by atoms with van der Waals surface area (Å²) in [5, 5.41) is 5.74. The summed E-state index contributed by atoms with van der Waals surface area (Å²) in [6.07, 6.45) is 5.59. The van der Waals surface area contributed by atoms with Crippen molar-refractivity contribution in [3.8, 4) is 0 Å². The van der Waals surface area contributed by atoms with E-state index in [9.17, 15) is 9.59 Å². The van der Waals surface area contributed by atoms with Crippen molar-refractivity contribution in [2.75, 3.05) is 13.1 Å². The normalized spacial score (nSPS) is 19.9. The van der Waals surface area contributed by atoms with Crippen LogP contribution >= 0.6 is 0 Å². The number of rotatable bonds is 7. The Morgan fingerprint density at radius 3 is 2.30 bits per heavy atom. The summed E-state index contributed by atoms with van der Waals surface area (Å²) in [6, 6.07) is 7.99. The molecule has 1 aliphatic carbocycles. The zero-order valence-electron chi connectivity index (χ0n) is 16.7. The van der Waals surface area contributed by atoms with E-state index < -0.39 is 6.04 Å². The SMILES string of the molecule is CC1CCN(Cc2ccc(CNC(=O)[C@H](C)NC(=O)C3CCC3)cc2)CC1. The summed E-state index contributed by atoms with van der Waals surface area (Å²) in [5.74, 6) is 0.846. The summed E-state index contributed by atoms with van der Waals surface area (Å²) in [7, 11) is 0. The highest BCUT2D eigenvalue weighted by atomic mass is 16.2. The first kappa shape index (κ1) is 19.9. The Kier molecular flexibility index (Phi) is 6.89. The van der Waals surface area contributed by atoms with Gasteiger partial charge in [-0.15, -0.1) is 0 Å². The maximum absolute atomic E-state index is 12.2. The van der Waals surface area contributed by atoms with Crippen LogP contribution in [-0.2, 0) is 22.7 Å². The zero-order chi connectivity index (χ0) is 19.2. The van der Waals surface area contributed by atoms with Gasteiger partial charge in [-0.25, -0.2) is 0 Å². The summed E-state index contributed by atoms with van der Waals surface area (Å²) in [4.78, 5) is 26.7. The van der Waals surface area contributed by atoms with Gasteiger partial charge in [-0.2, -0.15) is 0 Å². The molecular formula is C22H33N3O2. The fourth-order valence-corrected chi connectivity index (χ4v) is 3.65. The number of nitrogens with zero attached hydrogens (tertiary/aromatic N) is 1. The number of benzene rings is 1. The molecule has 2 aliphatic rings. The molecule has 1 atom stereocenters. The van der Waals surface area contributed by atoms with Crippen LogP contribution in [0.1, 0.15) is 57.1 Å². The number of carbonyl (C=O) groups excluding carboxylic acids is 2. The maximum Gasteiger partial charge on any atom is 0.242 e. The van der Waals surface area contributed by atoms with Crippen LogP contribution in [0.15, 0.2) is 24.3 Å². The first-order valence-corrected chi connectivity index (χ1v) is 10.4. The molecule has 0 unspecified atom stereocenters. The average molecular weight is 372 g/mol. The van der Waals surface area contributed by atoms with Gasteiger partial charge in [0.25, 0.3) is 0 Å². The number of piperidine rings is 1. The maximum atomic E-state index is 12.2. The number of hydrogen-bond acceptors (Lipinski definition) is 3. The highest BCUT2D eigenvalue weighted by Gasteiger charge is 2.27. The molecule has 0 spiro atoms. The van der Waals surface area contributed by atoms with Crippen molar-refractivity contribution in [3.63, 3.8) is 0 Å². The van der Waals surface area contributed by atoms with Crippen molar-refractivity contribution >= 4 is 11.8 Å². The van der Waals surface area contributed by atoms with Gasteiger partial charge in [0.2, 0.25) is 11.8 Å². The standard InChI is InChI=1S/C22H33N3O2/c1-16-10-12-25(13-11-16)15-19-8-6-18(7-9-19)14-23-21(26)17(2)24-22(27)20-4-3-5-20/h6-9,16-17,20H,3-5,10-15H2,1-2H3,(H,23,26)(H,24,27)/t17-/m0/s1. The topological polar surface area (TPSA) is 61.4 Å². The molecule has 1 saturated carbocycles. The molecule has 3 rings (SSSR count). The van der Waals surface area contributed by atoms with Crippen LogP contribution in [0.25, 0.3) is 0 Å². The average Bonchev–Trinajstić information content (AvgIpc) is 2.61. The number of nitrogens with one attached hydrogen (secondary N) is 2. The Labute approximate surface area is 162 Å². The summed E-state index contributed by atoms with van der Waals surface area (Å²) in [5.41, 5.74) is 2.40. The summed E-state index contributed by atoms with van der Waals surface area (Å²) in [6.45, 7) is 7.94. The van der Waals surface area contributed by atoms with Gasteiger partial charge in [0.15, 0.2) is 0 Å². The second-order valence-electron chi connectivity index (χ2n) is 8.35. The molecule has 27 heavy (non-hydrogen) atoms. The van der Waals surface area contributed by atoms with Gasteiger partial charge in [0, 0.05) is 19.0 Å². The second-order valence-corrected chi connectivity index (χ2v) is 8.35. The third-order valence-corrected chi connectivity index (χ3v) is 6.00. The van der Waals surface area contributed by atoms with Crippen molar-refractivity contribution < 1.29 is 9.59 Å². The van der Waals surface area contributed by atoms with E-state index in [1.807, 2.05) is 0 Å². The molecule has 0 aromatic heterocycles. The van der Waals surface area contributed by atoms with E-state index in [1.165, 1.54) is 31.5 Å². The molecule has 0 bridgehead atoms. The molecule has 2 N–H and O–H groups in total. The molecule has 5 heteroatoms. The van der Waals surface area contributed by atoms with Gasteiger partial charge in [0.1, 0.15) is 6.04 Å². The molecule has 1 saturated heterocycles. The van der Waals surface area contributed by atoms with Crippen molar-refractivity contribution in [3.05, 3.63) is 35.4 Å². The Bertz CT molecular complexity index is 631. The molecular weight excluding hydrogens is 338 g/mol. The number of carbonyl (C=O) groups is 2. The second kappa shape index (κ2) is 9.36. The van der Waals surface area contributed by atoms with E-state index in [2.05, 4.69) is 46.7 Å². The molecule has 148 valence electrons. The van der Waals surface area contributed by atoms with Crippen LogP contribution in [0, 0.1) is 11.8 Å². The third-order valence-electron chi connectivity index (χ3n) is 6.00. The lowest BCUT2D eigenvalue weighted by Gasteiger charge is -2.30. The number of likely N-dealkylation sites (tertiary alicyclic amines) is 1. The zero-order valence-corrected chi connectivity index (χ0v) is 16.7. The van der Waals surface area contributed by atoms with Crippen molar-refractivity contribution in [2.45, 2.75) is 65.1 Å². The minimum Gasteiger partial charge on any atom is -0.350 e. The van der Waals surface area contributed by atoms with Crippen LogP contribution in [0.2, 0.25) is 0 Å². The van der Waals surface area contributed by atoms with Crippen LogP contribution in [-0.4, -0.2) is 35.8 Å². The van der Waals surface area contributed by atoms with E-state index in [0.29, 0.717) is 6.54 Å². The van der Waals surface area contributed by atoms with Crippen molar-refractivity contribution in [1.29, 1.82) is 0 Å². The molecule has 1 heterocycles. The minimum absolute atomic E-state index is 0.0142. The van der Waals surface area contributed by atoms with E-state index in [0.717, 1.165) is 37.3 Å². The van der Waals surface area contributed by atoms with Gasteiger partial charge >= 0.3 is 0 Å². The number of hydrogen-bond donors (Lipinski definition) is 2. The van der Waals surface area contributed by atoms with E-state index in [-0.39, 0.29) is 17.7 Å². The molecule has 5 nitrogen and oxygen atoms in total. The van der Waals surface area contributed by atoms with Gasteiger partial charge in [0.05, 0.1) is 0 Å². The highest BCUT2D eigenvalue weighted by molar-refractivity contribution is 5.88. The van der Waals surface area contributed by atoms with Crippen LogP contribution < -0.4 is 10.6 Å². The molecule has 1 aromatic rings. The quantitative estimate of drug-likeness (QED) is 0.775. The van der Waals surface area contributed by atoms with Gasteiger partial charge in [-0.3, -0.25) is 14.5 Å². The number of amides is 2. The lowest BCUT2D eigenvalue weighted by Crippen LogP contribution is -2.47. The van der Waals surface area contributed by atoms with Crippen LogP contribution in [0.3, 0.4) is 0 Å². The third kappa shape index (κ3) is 5.80. The lowest BCUT2D eigenvalue weighted by molar-refractivity contribution is -0.132. The van der Waals surface area contributed by atoms with Crippen molar-refractivity contribution in [2.24, 2.45) is 11.8 Å². The van der Waals surface area contributed by atoms with Crippen LogP contribution in [0.4, 0.5) is 0 Å². The van der Waals surface area contributed by atoms with E-state index in [4.69, 9.17) is 0 Å². The first-order chi connectivity index (χ1) is 13.0. The van der Waals surface area contributed by atoms with Gasteiger partial charge < -0.3 is 10.6 Å². The Balaban J connectivity index is 1.40. The Morgan fingerprint density at radius 2 is 1.70 bits per heavy atom. The molecule has 1 aromatic carbocycles. The molecule has 2 amide bonds. The predicted octanol–water partition coefficient (Wildman–Crippen LogP) is 2.84. The molecule has 0 radical (unpaired) electrons. The monoisotopic (exact) mass is 371 g/mol. The highest BCUT2D eigenvalue weighted by Crippen LogP contribution is 2.26. The minimum atomic E-state index is -0.487. The smallest absolute Gasteiger partial charge is 0.242 e. The summed E-state index contributed by atoms with van der Waals surface area (Å²) < 4.78 is 0. The molecule has 2 fully saturated rings. The fourth-order valence-electron chi connectivity index (χ4n) is 3.65. The fraction of sp³-hybridized carbons (Fsp3) is 0.636. The van der Waals surface area contributed by atoms with Gasteiger partial charge in [-0.05, 0) is 62.7 Å². The first-order valence-electron chi connectivity index (χ1n) is 10.4. The Morgan fingerprint density at radius 1 is 1.07 bits per heavy atom. The van der Waals surface area contributed by atoms with Crippen LogP contribution in [0.5, 0.6) is 0 Å². The summed E-state index contributed by atoms with van der Waals surface area (Å²) >= 11 is 0. The predicted molar refractivity (Wildman–Crippen MR) is 107 cm³/mol. The Hall–Kier alpha value is -1.88.